The van der Waals surface area contributed by atoms with Crippen molar-refractivity contribution in [1.29, 1.82) is 0 Å². The average Bonchev–Trinajstić information content (AvgIpc) is 2.04. The minimum absolute atomic E-state index is 0.177. The second-order valence-electron chi connectivity index (χ2n) is 2.23. The van der Waals surface area contributed by atoms with Gasteiger partial charge >= 0.3 is 0 Å². The summed E-state index contributed by atoms with van der Waals surface area (Å²) in [6.07, 6.45) is 1.59. The molecule has 52 valence electrons. The zero-order valence-electron chi connectivity index (χ0n) is 5.73. The van der Waals surface area contributed by atoms with Crippen LogP contribution in [0, 0.1) is 0 Å². The topological polar surface area (TPSA) is 48.1 Å². The number of rotatable bonds is 0. The van der Waals surface area contributed by atoms with Gasteiger partial charge in [-0.15, -0.1) is 5.73 Å². The monoisotopic (exact) mass is 143 g/mol. The van der Waals surface area contributed by atoms with Crippen LogP contribution >= 0.6 is 0 Å². The molecule has 2 aromatic rings. The molecule has 0 saturated carbocycles. The van der Waals surface area contributed by atoms with Gasteiger partial charge < -0.3 is 0 Å². The molecule has 0 amide bonds. The molecule has 0 unspecified atom stereocenters. The molecule has 1 aromatic heterocycles. The molecule has 0 bridgehead atoms. The Balaban J connectivity index is 2.83. The summed E-state index contributed by atoms with van der Waals surface area (Å²) in [7, 11) is 0. The first-order valence-electron chi connectivity index (χ1n) is 3.27. The minimum Gasteiger partial charge on any atom is -0.218 e. The van der Waals surface area contributed by atoms with E-state index in [9.17, 15) is 0 Å². The average molecular weight is 143 g/mol. The van der Waals surface area contributed by atoms with Crippen LogP contribution in [-0.4, -0.2) is 9.97 Å². The highest BCUT2D eigenvalue weighted by molar-refractivity contribution is 5.77. The summed E-state index contributed by atoms with van der Waals surface area (Å²) in [5, 5.41) is 0.935. The largest absolute Gasteiger partial charge is 0.269 e. The van der Waals surface area contributed by atoms with Crippen molar-refractivity contribution >= 4 is 16.9 Å². The number of fused-ring (bicyclic) bond motifs is 1. The van der Waals surface area contributed by atoms with Crippen LogP contribution < -0.4 is 5.73 Å². The summed E-state index contributed by atoms with van der Waals surface area (Å²) in [6, 6.07) is 7.50. The van der Waals surface area contributed by atoms with Crippen LogP contribution in [0.3, 0.4) is 0 Å². The Morgan fingerprint density at radius 3 is 2.91 bits per heavy atom. The van der Waals surface area contributed by atoms with E-state index in [0.29, 0.717) is 0 Å². The lowest BCUT2D eigenvalue weighted by molar-refractivity contribution is 1.16. The van der Waals surface area contributed by atoms with Gasteiger partial charge in [-0.3, -0.25) is 0 Å². The molecule has 0 atom stereocenters. The van der Waals surface area contributed by atoms with Gasteiger partial charge in [0.1, 0.15) is 0 Å². The number of aromatic nitrogens is 2. The fraction of sp³-hybridized carbons (Fsp3) is 0. The van der Waals surface area contributed by atoms with E-state index in [1.807, 2.05) is 24.3 Å². The van der Waals surface area contributed by atoms with E-state index in [0.717, 1.165) is 10.9 Å². The van der Waals surface area contributed by atoms with Crippen LogP contribution in [0.1, 0.15) is 0 Å². The van der Waals surface area contributed by atoms with Crippen molar-refractivity contribution in [2.45, 2.75) is 0 Å². The molecule has 11 heavy (non-hydrogen) atoms. The highest BCUT2D eigenvalue weighted by atomic mass is 15.0. The second kappa shape index (κ2) is 2.20. The second-order valence-corrected chi connectivity index (χ2v) is 2.23. The van der Waals surface area contributed by atoms with Crippen molar-refractivity contribution in [3.05, 3.63) is 30.5 Å². The first-order chi connectivity index (χ1) is 5.36. The smallest absolute Gasteiger partial charge is 0.218 e. The van der Waals surface area contributed by atoms with E-state index in [2.05, 4.69) is 9.97 Å². The maximum atomic E-state index is 8.91. The number of nitrogens with zero attached hydrogens (tertiary/aromatic N) is 3. The Bertz CT molecular complexity index is 384. The summed E-state index contributed by atoms with van der Waals surface area (Å²) < 4.78 is 0. The van der Waals surface area contributed by atoms with Crippen LogP contribution in [0.25, 0.3) is 10.9 Å². The van der Waals surface area contributed by atoms with Crippen molar-refractivity contribution in [3.63, 3.8) is 0 Å². The SMILES string of the molecule is [N]c1ncc2ccccc2n1. The van der Waals surface area contributed by atoms with E-state index in [4.69, 9.17) is 5.73 Å². The fourth-order valence-corrected chi connectivity index (χ4v) is 0.962. The maximum Gasteiger partial charge on any atom is 0.269 e. The molecule has 2 radical (unpaired) electrons. The first-order valence-corrected chi connectivity index (χ1v) is 3.27. The third kappa shape index (κ3) is 1.00. The Kier molecular flexibility index (Phi) is 1.22. The van der Waals surface area contributed by atoms with Crippen LogP contribution in [0.4, 0.5) is 5.95 Å². The molecule has 0 saturated heterocycles. The normalized spacial score (nSPS) is 10.2. The highest BCUT2D eigenvalue weighted by Crippen LogP contribution is 2.09. The molecule has 3 heteroatoms. The first kappa shape index (κ1) is 6.09. The van der Waals surface area contributed by atoms with E-state index in [1.165, 1.54) is 0 Å². The van der Waals surface area contributed by atoms with Gasteiger partial charge in [-0.25, -0.2) is 9.97 Å². The lowest BCUT2D eigenvalue weighted by atomic mass is 10.2. The Labute approximate surface area is 63.9 Å². The number of hydrogen-bond acceptors (Lipinski definition) is 2. The Morgan fingerprint density at radius 1 is 1.18 bits per heavy atom. The zero-order chi connectivity index (χ0) is 7.68. The number of benzene rings is 1. The van der Waals surface area contributed by atoms with E-state index in [-0.39, 0.29) is 5.95 Å². The Hall–Kier alpha value is -1.64. The molecule has 0 aliphatic carbocycles. The van der Waals surface area contributed by atoms with Gasteiger partial charge in [0.05, 0.1) is 5.52 Å². The van der Waals surface area contributed by atoms with E-state index in [1.54, 1.807) is 6.20 Å². The maximum absolute atomic E-state index is 8.91. The molecule has 0 aliphatic heterocycles. The van der Waals surface area contributed by atoms with Gasteiger partial charge in [0.2, 0.25) is 0 Å². The van der Waals surface area contributed by atoms with Crippen LogP contribution in [0.15, 0.2) is 30.5 Å². The summed E-state index contributed by atoms with van der Waals surface area (Å²) in [6.45, 7) is 0. The molecule has 0 aliphatic rings. The fourth-order valence-electron chi connectivity index (χ4n) is 0.962. The standard InChI is InChI=1S/C8H5N3/c9-8-10-5-6-3-1-2-4-7(6)11-8/h1-5H. The van der Waals surface area contributed by atoms with Crippen molar-refractivity contribution in [2.24, 2.45) is 0 Å². The molecule has 0 N–H and O–H groups in total. The number of hydrogen-bond donors (Lipinski definition) is 0. The highest BCUT2D eigenvalue weighted by Gasteiger charge is 1.94. The predicted octanol–water partition coefficient (Wildman–Crippen LogP) is 1.33. The molecule has 1 heterocycles. The summed E-state index contributed by atoms with van der Waals surface area (Å²) in [5.74, 6) is -0.177. The number of para-hydroxylation sites is 1. The van der Waals surface area contributed by atoms with Crippen molar-refractivity contribution < 1.29 is 0 Å². The molecule has 0 spiro atoms. The Morgan fingerprint density at radius 2 is 2.00 bits per heavy atom. The molecular formula is C8H5N3. The summed E-state index contributed by atoms with van der Waals surface area (Å²) in [5.41, 5.74) is 9.67. The molecular weight excluding hydrogens is 138 g/mol. The minimum atomic E-state index is -0.177. The van der Waals surface area contributed by atoms with Crippen molar-refractivity contribution in [1.82, 2.24) is 15.7 Å². The van der Waals surface area contributed by atoms with Crippen LogP contribution in [0.5, 0.6) is 0 Å². The molecule has 2 rings (SSSR count). The lowest BCUT2D eigenvalue weighted by Crippen LogP contribution is -1.84. The van der Waals surface area contributed by atoms with Gasteiger partial charge in [-0.2, -0.15) is 0 Å². The quantitative estimate of drug-likeness (QED) is 0.558. The predicted molar refractivity (Wildman–Crippen MR) is 41.3 cm³/mol. The van der Waals surface area contributed by atoms with E-state index >= 15 is 0 Å². The molecule has 3 nitrogen and oxygen atoms in total. The summed E-state index contributed by atoms with van der Waals surface area (Å²) in [4.78, 5) is 7.47. The van der Waals surface area contributed by atoms with Crippen molar-refractivity contribution in [3.8, 4) is 0 Å². The van der Waals surface area contributed by atoms with Gasteiger partial charge in [0.25, 0.3) is 5.95 Å². The summed E-state index contributed by atoms with van der Waals surface area (Å²) >= 11 is 0. The van der Waals surface area contributed by atoms with Gasteiger partial charge in [-0.05, 0) is 6.07 Å². The van der Waals surface area contributed by atoms with Gasteiger partial charge in [-0.1, -0.05) is 18.2 Å². The van der Waals surface area contributed by atoms with Crippen LogP contribution in [-0.2, 0) is 0 Å². The third-order valence-electron chi connectivity index (χ3n) is 1.48. The zero-order valence-corrected chi connectivity index (χ0v) is 5.73. The lowest BCUT2D eigenvalue weighted by Gasteiger charge is -1.93. The molecule has 1 aromatic carbocycles. The van der Waals surface area contributed by atoms with Crippen LogP contribution in [0.2, 0.25) is 0 Å². The van der Waals surface area contributed by atoms with Gasteiger partial charge in [0, 0.05) is 11.6 Å². The third-order valence-corrected chi connectivity index (χ3v) is 1.48. The van der Waals surface area contributed by atoms with E-state index < -0.39 is 0 Å². The van der Waals surface area contributed by atoms with Crippen molar-refractivity contribution in [2.75, 3.05) is 0 Å². The van der Waals surface area contributed by atoms with Gasteiger partial charge in [0.15, 0.2) is 0 Å². The molecule has 0 fully saturated rings.